The molecule has 4 heteroatoms. The molecule has 0 amide bonds. The van der Waals surface area contributed by atoms with E-state index in [-0.39, 0.29) is 0 Å². The SMILES string of the molecule is C[C@@H]1CCCN(c2ncnc3sc(-c4ccccc4)cc23)C1. The van der Waals surface area contributed by atoms with Gasteiger partial charge in [-0.3, -0.25) is 0 Å². The molecular formula is C18H19N3S. The summed E-state index contributed by atoms with van der Waals surface area (Å²) in [4.78, 5) is 13.9. The van der Waals surface area contributed by atoms with Crippen molar-refractivity contribution in [1.29, 1.82) is 0 Å². The van der Waals surface area contributed by atoms with Crippen LogP contribution in [0.3, 0.4) is 0 Å². The molecule has 0 N–H and O–H groups in total. The maximum atomic E-state index is 4.59. The zero-order chi connectivity index (χ0) is 14.9. The first-order valence-electron chi connectivity index (χ1n) is 7.86. The van der Waals surface area contributed by atoms with E-state index in [1.807, 2.05) is 0 Å². The van der Waals surface area contributed by atoms with Gasteiger partial charge in [0.2, 0.25) is 0 Å². The van der Waals surface area contributed by atoms with Gasteiger partial charge in [-0.05, 0) is 30.4 Å². The average Bonchev–Trinajstić information content (AvgIpc) is 3.00. The van der Waals surface area contributed by atoms with E-state index in [2.05, 4.69) is 58.2 Å². The van der Waals surface area contributed by atoms with E-state index >= 15 is 0 Å². The molecule has 1 aromatic carbocycles. The molecule has 3 nitrogen and oxygen atoms in total. The highest BCUT2D eigenvalue weighted by molar-refractivity contribution is 7.21. The Labute approximate surface area is 134 Å². The fourth-order valence-electron chi connectivity index (χ4n) is 3.22. The summed E-state index contributed by atoms with van der Waals surface area (Å²) in [6.45, 7) is 4.53. The Morgan fingerprint density at radius 2 is 2.05 bits per heavy atom. The largest absolute Gasteiger partial charge is 0.356 e. The Kier molecular flexibility index (Phi) is 3.54. The molecule has 0 saturated carbocycles. The second-order valence-corrected chi connectivity index (χ2v) is 7.12. The van der Waals surface area contributed by atoms with Crippen LogP contribution < -0.4 is 4.90 Å². The molecule has 1 atom stereocenters. The highest BCUT2D eigenvalue weighted by atomic mass is 32.1. The van der Waals surface area contributed by atoms with Gasteiger partial charge in [-0.15, -0.1) is 11.3 Å². The molecule has 0 spiro atoms. The van der Waals surface area contributed by atoms with Crippen molar-refractivity contribution in [1.82, 2.24) is 9.97 Å². The van der Waals surface area contributed by atoms with Crippen molar-refractivity contribution in [3.8, 4) is 10.4 Å². The molecular weight excluding hydrogens is 290 g/mol. The lowest BCUT2D eigenvalue weighted by atomic mass is 10.0. The average molecular weight is 309 g/mol. The zero-order valence-corrected chi connectivity index (χ0v) is 13.5. The number of hydrogen-bond donors (Lipinski definition) is 0. The fraction of sp³-hybridized carbons (Fsp3) is 0.333. The van der Waals surface area contributed by atoms with Gasteiger partial charge in [0.1, 0.15) is 17.0 Å². The Morgan fingerprint density at radius 1 is 1.18 bits per heavy atom. The van der Waals surface area contributed by atoms with Crippen molar-refractivity contribution >= 4 is 27.4 Å². The molecule has 3 aromatic rings. The summed E-state index contributed by atoms with van der Waals surface area (Å²) < 4.78 is 0. The number of nitrogens with zero attached hydrogens (tertiary/aromatic N) is 3. The van der Waals surface area contributed by atoms with Gasteiger partial charge in [0.05, 0.1) is 5.39 Å². The number of fused-ring (bicyclic) bond motifs is 1. The van der Waals surface area contributed by atoms with E-state index in [0.717, 1.165) is 29.7 Å². The summed E-state index contributed by atoms with van der Waals surface area (Å²) in [5.41, 5.74) is 1.25. The second kappa shape index (κ2) is 5.69. The predicted octanol–water partition coefficient (Wildman–Crippen LogP) is 4.59. The summed E-state index contributed by atoms with van der Waals surface area (Å²) in [5.74, 6) is 1.85. The summed E-state index contributed by atoms with van der Waals surface area (Å²) >= 11 is 1.75. The minimum absolute atomic E-state index is 0.742. The molecule has 112 valence electrons. The predicted molar refractivity (Wildman–Crippen MR) is 93.5 cm³/mol. The summed E-state index contributed by atoms with van der Waals surface area (Å²) in [6, 6.07) is 12.8. The Hall–Kier alpha value is -1.94. The number of benzene rings is 1. The Morgan fingerprint density at radius 3 is 2.86 bits per heavy atom. The lowest BCUT2D eigenvalue weighted by Crippen LogP contribution is -2.34. The van der Waals surface area contributed by atoms with E-state index in [4.69, 9.17) is 0 Å². The van der Waals surface area contributed by atoms with Gasteiger partial charge < -0.3 is 4.90 Å². The number of rotatable bonds is 2. The van der Waals surface area contributed by atoms with Gasteiger partial charge in [-0.2, -0.15) is 0 Å². The number of thiophene rings is 1. The number of anilines is 1. The topological polar surface area (TPSA) is 29.0 Å². The molecule has 0 unspecified atom stereocenters. The number of piperidine rings is 1. The molecule has 0 aliphatic carbocycles. The minimum atomic E-state index is 0.742. The molecule has 4 rings (SSSR count). The van der Waals surface area contributed by atoms with Crippen molar-refractivity contribution in [3.05, 3.63) is 42.7 Å². The Balaban J connectivity index is 1.78. The van der Waals surface area contributed by atoms with Crippen molar-refractivity contribution in [3.63, 3.8) is 0 Å². The molecule has 22 heavy (non-hydrogen) atoms. The van der Waals surface area contributed by atoms with Crippen LogP contribution in [-0.2, 0) is 0 Å². The lowest BCUT2D eigenvalue weighted by molar-refractivity contribution is 0.445. The molecule has 1 aliphatic rings. The van der Waals surface area contributed by atoms with Gasteiger partial charge in [0, 0.05) is 18.0 Å². The summed E-state index contributed by atoms with van der Waals surface area (Å²) in [7, 11) is 0. The van der Waals surface area contributed by atoms with E-state index in [1.165, 1.54) is 28.7 Å². The van der Waals surface area contributed by atoms with Crippen LogP contribution in [0, 0.1) is 5.92 Å². The van der Waals surface area contributed by atoms with E-state index < -0.39 is 0 Å². The third kappa shape index (κ3) is 2.48. The van der Waals surface area contributed by atoms with Crippen LogP contribution in [0.2, 0.25) is 0 Å². The maximum Gasteiger partial charge on any atom is 0.140 e. The molecule has 3 heterocycles. The molecule has 0 bridgehead atoms. The standard InChI is InChI=1S/C18H19N3S/c1-13-6-5-9-21(11-13)17-15-10-16(14-7-3-2-4-8-14)22-18(15)20-12-19-17/h2-4,7-8,10,12-13H,5-6,9,11H2,1H3/t13-/m1/s1. The van der Waals surface area contributed by atoms with Gasteiger partial charge in [0.15, 0.2) is 0 Å². The van der Waals surface area contributed by atoms with Crippen LogP contribution in [0.1, 0.15) is 19.8 Å². The first kappa shape index (κ1) is 13.7. The van der Waals surface area contributed by atoms with Crippen molar-refractivity contribution in [2.45, 2.75) is 19.8 Å². The van der Waals surface area contributed by atoms with Crippen molar-refractivity contribution in [2.75, 3.05) is 18.0 Å². The third-order valence-corrected chi connectivity index (χ3v) is 5.42. The molecule has 1 fully saturated rings. The van der Waals surface area contributed by atoms with Crippen LogP contribution in [0.15, 0.2) is 42.7 Å². The second-order valence-electron chi connectivity index (χ2n) is 6.09. The normalized spacial score (nSPS) is 18.8. The van der Waals surface area contributed by atoms with Gasteiger partial charge in [-0.25, -0.2) is 9.97 Å². The maximum absolute atomic E-state index is 4.59. The minimum Gasteiger partial charge on any atom is -0.356 e. The first-order chi connectivity index (χ1) is 10.8. The van der Waals surface area contributed by atoms with Crippen LogP contribution in [-0.4, -0.2) is 23.1 Å². The molecule has 2 aromatic heterocycles. The molecule has 1 aliphatic heterocycles. The van der Waals surface area contributed by atoms with Crippen molar-refractivity contribution < 1.29 is 0 Å². The first-order valence-corrected chi connectivity index (χ1v) is 8.68. The molecule has 1 saturated heterocycles. The lowest BCUT2D eigenvalue weighted by Gasteiger charge is -2.32. The van der Waals surface area contributed by atoms with Gasteiger partial charge in [-0.1, -0.05) is 37.3 Å². The third-order valence-electron chi connectivity index (χ3n) is 4.32. The monoisotopic (exact) mass is 309 g/mol. The van der Waals surface area contributed by atoms with E-state index in [1.54, 1.807) is 17.7 Å². The highest BCUT2D eigenvalue weighted by Crippen LogP contribution is 2.36. The van der Waals surface area contributed by atoms with Gasteiger partial charge >= 0.3 is 0 Å². The summed E-state index contributed by atoms with van der Waals surface area (Å²) in [5, 5.41) is 1.19. The van der Waals surface area contributed by atoms with Crippen LogP contribution in [0.5, 0.6) is 0 Å². The number of aromatic nitrogens is 2. The van der Waals surface area contributed by atoms with Crippen LogP contribution >= 0.6 is 11.3 Å². The van der Waals surface area contributed by atoms with E-state index in [9.17, 15) is 0 Å². The van der Waals surface area contributed by atoms with Crippen LogP contribution in [0.25, 0.3) is 20.7 Å². The summed E-state index contributed by atoms with van der Waals surface area (Å²) in [6.07, 6.45) is 4.29. The fourth-order valence-corrected chi connectivity index (χ4v) is 4.22. The van der Waals surface area contributed by atoms with Crippen molar-refractivity contribution in [2.24, 2.45) is 5.92 Å². The molecule has 0 radical (unpaired) electrons. The van der Waals surface area contributed by atoms with E-state index in [0.29, 0.717) is 0 Å². The number of hydrogen-bond acceptors (Lipinski definition) is 4. The zero-order valence-electron chi connectivity index (χ0n) is 12.7. The van der Waals surface area contributed by atoms with Crippen LogP contribution in [0.4, 0.5) is 5.82 Å². The highest BCUT2D eigenvalue weighted by Gasteiger charge is 2.20. The smallest absolute Gasteiger partial charge is 0.140 e. The Bertz CT molecular complexity index is 781. The quantitative estimate of drug-likeness (QED) is 0.693. The van der Waals surface area contributed by atoms with Gasteiger partial charge in [0.25, 0.3) is 0 Å².